The third-order valence-corrected chi connectivity index (χ3v) is 6.00. The summed E-state index contributed by atoms with van der Waals surface area (Å²) in [6.07, 6.45) is 3.42. The van der Waals surface area contributed by atoms with E-state index in [1.165, 1.54) is 4.68 Å². The van der Waals surface area contributed by atoms with E-state index >= 15 is 0 Å². The second-order valence-electron chi connectivity index (χ2n) is 7.50. The average molecular weight is 430 g/mol. The Morgan fingerprint density at radius 3 is 2.43 bits per heavy atom. The molecule has 0 unspecified atom stereocenters. The predicted molar refractivity (Wildman–Crippen MR) is 114 cm³/mol. The van der Waals surface area contributed by atoms with Gasteiger partial charge in [-0.1, -0.05) is 29.8 Å². The summed E-state index contributed by atoms with van der Waals surface area (Å²) >= 11 is 6.38. The third kappa shape index (κ3) is 4.18. The van der Waals surface area contributed by atoms with Crippen LogP contribution in [0.15, 0.2) is 41.3 Å². The summed E-state index contributed by atoms with van der Waals surface area (Å²) in [5.74, 6) is 0.193. The van der Waals surface area contributed by atoms with Crippen LogP contribution >= 0.6 is 11.6 Å². The number of aromatic nitrogens is 2. The van der Waals surface area contributed by atoms with Gasteiger partial charge in [-0.15, -0.1) is 0 Å². The molecule has 30 heavy (non-hydrogen) atoms. The molecule has 8 nitrogen and oxygen atoms in total. The van der Waals surface area contributed by atoms with Crippen LogP contribution in [0.2, 0.25) is 5.02 Å². The first kappa shape index (κ1) is 20.4. The van der Waals surface area contributed by atoms with Gasteiger partial charge in [-0.25, -0.2) is 0 Å². The van der Waals surface area contributed by atoms with E-state index in [0.29, 0.717) is 56.9 Å². The van der Waals surface area contributed by atoms with Gasteiger partial charge >= 0.3 is 0 Å². The van der Waals surface area contributed by atoms with Gasteiger partial charge in [0.1, 0.15) is 5.02 Å². The zero-order valence-electron chi connectivity index (χ0n) is 16.7. The Labute approximate surface area is 179 Å². The number of halogens is 1. The Kier molecular flexibility index (Phi) is 6.03. The van der Waals surface area contributed by atoms with E-state index in [1.807, 2.05) is 28.0 Å². The molecule has 0 saturated carbocycles. The van der Waals surface area contributed by atoms with Gasteiger partial charge in [0.2, 0.25) is 11.8 Å². The highest BCUT2D eigenvalue weighted by atomic mass is 35.5. The lowest BCUT2D eigenvalue weighted by molar-refractivity contribution is -0.133. The van der Waals surface area contributed by atoms with E-state index in [1.54, 1.807) is 23.2 Å². The largest absolute Gasteiger partial charge is 0.365 e. The predicted octanol–water partition coefficient (Wildman–Crippen LogP) is 1.55. The van der Waals surface area contributed by atoms with Gasteiger partial charge in [0.25, 0.3) is 5.56 Å². The lowest BCUT2D eigenvalue weighted by atomic mass is 10.2. The fraction of sp³-hybridized carbons (Fsp3) is 0.429. The van der Waals surface area contributed by atoms with Gasteiger partial charge in [0, 0.05) is 52.1 Å². The van der Waals surface area contributed by atoms with Crippen LogP contribution in [-0.2, 0) is 9.59 Å². The minimum Gasteiger partial charge on any atom is -0.365 e. The quantitative estimate of drug-likeness (QED) is 0.720. The summed E-state index contributed by atoms with van der Waals surface area (Å²) in [5.41, 5.74) is 0.876. The smallest absolute Gasteiger partial charge is 0.292 e. The summed E-state index contributed by atoms with van der Waals surface area (Å²) in [4.78, 5) is 42.4. The Morgan fingerprint density at radius 1 is 1.03 bits per heavy atom. The molecule has 1 aromatic heterocycles. The van der Waals surface area contributed by atoms with Crippen molar-refractivity contribution >= 4 is 29.1 Å². The van der Waals surface area contributed by atoms with Crippen LogP contribution < -0.4 is 10.5 Å². The molecular weight excluding hydrogens is 406 g/mol. The van der Waals surface area contributed by atoms with Crippen molar-refractivity contribution in [2.24, 2.45) is 0 Å². The second-order valence-corrected chi connectivity index (χ2v) is 7.88. The highest BCUT2D eigenvalue weighted by molar-refractivity contribution is 6.33. The number of likely N-dealkylation sites (tertiary alicyclic amines) is 1. The number of benzene rings is 1. The number of para-hydroxylation sites is 1. The molecule has 2 amide bonds. The highest BCUT2D eigenvalue weighted by Crippen LogP contribution is 2.23. The average Bonchev–Trinajstić information content (AvgIpc) is 3.19. The molecule has 0 N–H and O–H groups in total. The molecule has 4 rings (SSSR count). The van der Waals surface area contributed by atoms with Crippen LogP contribution in [0.4, 0.5) is 5.69 Å². The van der Waals surface area contributed by atoms with E-state index < -0.39 is 0 Å². The number of nitrogens with zero attached hydrogens (tertiary/aromatic N) is 5. The molecule has 2 aliphatic heterocycles. The first-order valence-corrected chi connectivity index (χ1v) is 10.6. The van der Waals surface area contributed by atoms with Crippen molar-refractivity contribution in [2.45, 2.75) is 19.3 Å². The molecule has 3 heterocycles. The molecule has 2 aliphatic rings. The van der Waals surface area contributed by atoms with Crippen LogP contribution in [0, 0.1) is 0 Å². The number of carbonyl (C=O) groups is 2. The Morgan fingerprint density at radius 2 is 1.77 bits per heavy atom. The number of hydrogen-bond donors (Lipinski definition) is 0. The number of anilines is 1. The van der Waals surface area contributed by atoms with Crippen molar-refractivity contribution < 1.29 is 9.59 Å². The summed E-state index contributed by atoms with van der Waals surface area (Å²) in [5, 5.41) is 4.41. The van der Waals surface area contributed by atoms with Crippen LogP contribution in [0.3, 0.4) is 0 Å². The Bertz CT molecular complexity index is 986. The molecule has 0 aliphatic carbocycles. The van der Waals surface area contributed by atoms with Gasteiger partial charge in [-0.3, -0.25) is 14.4 Å². The summed E-state index contributed by atoms with van der Waals surface area (Å²) in [6, 6.07) is 9.13. The summed E-state index contributed by atoms with van der Waals surface area (Å²) in [7, 11) is 0. The minimum absolute atomic E-state index is 0.0538. The second kappa shape index (κ2) is 8.87. The first-order chi connectivity index (χ1) is 14.5. The molecule has 2 aromatic rings. The van der Waals surface area contributed by atoms with E-state index in [0.717, 1.165) is 13.0 Å². The highest BCUT2D eigenvalue weighted by Gasteiger charge is 2.26. The number of carbonyl (C=O) groups excluding carboxylic acids is 2. The monoisotopic (exact) mass is 429 g/mol. The van der Waals surface area contributed by atoms with Gasteiger partial charge in [-0.2, -0.15) is 9.78 Å². The van der Waals surface area contributed by atoms with Gasteiger partial charge in [-0.05, 0) is 18.6 Å². The zero-order valence-corrected chi connectivity index (χ0v) is 17.4. The molecule has 1 aromatic carbocycles. The van der Waals surface area contributed by atoms with Gasteiger partial charge < -0.3 is 14.7 Å². The van der Waals surface area contributed by atoms with Crippen molar-refractivity contribution in [2.75, 3.05) is 44.2 Å². The van der Waals surface area contributed by atoms with Crippen LogP contribution in [0.25, 0.3) is 5.69 Å². The van der Waals surface area contributed by atoms with Crippen molar-refractivity contribution in [3.63, 3.8) is 0 Å². The van der Waals surface area contributed by atoms with Crippen LogP contribution in [0.1, 0.15) is 19.3 Å². The minimum atomic E-state index is -0.367. The molecule has 2 fully saturated rings. The lowest BCUT2D eigenvalue weighted by Crippen LogP contribution is -2.49. The number of hydrogen-bond acceptors (Lipinski definition) is 5. The number of rotatable bonds is 5. The van der Waals surface area contributed by atoms with E-state index in [9.17, 15) is 14.4 Å². The van der Waals surface area contributed by atoms with Gasteiger partial charge in [0.15, 0.2) is 0 Å². The number of amides is 2. The van der Waals surface area contributed by atoms with Crippen molar-refractivity contribution in [3.8, 4) is 5.69 Å². The normalized spacial score (nSPS) is 17.0. The Hall–Kier alpha value is -2.87. The third-order valence-electron chi connectivity index (χ3n) is 5.64. The molecule has 9 heteroatoms. The topological polar surface area (TPSA) is 78.8 Å². The van der Waals surface area contributed by atoms with E-state index in [2.05, 4.69) is 5.10 Å². The SMILES string of the molecule is O=C1CCCN1CCC(=O)N1CCN(c2cnn(-c3ccccc3)c(=O)c2Cl)CC1. The molecule has 0 radical (unpaired) electrons. The van der Waals surface area contributed by atoms with Crippen molar-refractivity contribution in [3.05, 3.63) is 51.9 Å². The maximum absolute atomic E-state index is 12.7. The molecule has 158 valence electrons. The standard InChI is InChI=1S/C21H24ClN5O3/c22-20-17(15-23-27(21(20)30)16-5-2-1-3-6-16)24-11-13-26(14-12-24)19(29)8-10-25-9-4-7-18(25)28/h1-3,5-6,15H,4,7-14H2. The number of piperazine rings is 1. The molecule has 0 bridgehead atoms. The van der Waals surface area contributed by atoms with Crippen LogP contribution in [0.5, 0.6) is 0 Å². The summed E-state index contributed by atoms with van der Waals surface area (Å²) in [6.45, 7) is 3.48. The van der Waals surface area contributed by atoms with Crippen molar-refractivity contribution in [1.29, 1.82) is 0 Å². The van der Waals surface area contributed by atoms with Crippen LogP contribution in [-0.4, -0.2) is 70.7 Å². The van der Waals surface area contributed by atoms with Gasteiger partial charge in [0.05, 0.1) is 17.6 Å². The van der Waals surface area contributed by atoms with Crippen molar-refractivity contribution in [1.82, 2.24) is 19.6 Å². The maximum atomic E-state index is 12.7. The maximum Gasteiger partial charge on any atom is 0.292 e. The fourth-order valence-electron chi connectivity index (χ4n) is 3.92. The summed E-state index contributed by atoms with van der Waals surface area (Å²) < 4.78 is 1.28. The molecule has 0 atom stereocenters. The Balaban J connectivity index is 1.37. The molecule has 0 spiro atoms. The van der Waals surface area contributed by atoms with E-state index in [4.69, 9.17) is 11.6 Å². The van der Waals surface area contributed by atoms with E-state index in [-0.39, 0.29) is 22.4 Å². The molecular formula is C21H24ClN5O3. The lowest BCUT2D eigenvalue weighted by Gasteiger charge is -2.36. The first-order valence-electron chi connectivity index (χ1n) is 10.2. The molecule has 2 saturated heterocycles. The fourth-order valence-corrected chi connectivity index (χ4v) is 4.17. The zero-order chi connectivity index (χ0) is 21.1.